The second kappa shape index (κ2) is 19.1. The maximum Gasteiger partial charge on any atom is 0.154 e. The van der Waals surface area contributed by atoms with Crippen molar-refractivity contribution in [2.75, 3.05) is 13.2 Å². The van der Waals surface area contributed by atoms with Crippen molar-refractivity contribution in [1.29, 1.82) is 0 Å². The van der Waals surface area contributed by atoms with Crippen molar-refractivity contribution in [3.63, 3.8) is 0 Å². The van der Waals surface area contributed by atoms with E-state index in [1.165, 1.54) is 89.9 Å². The van der Waals surface area contributed by atoms with Gasteiger partial charge in [-0.05, 0) is 18.9 Å². The third-order valence-corrected chi connectivity index (χ3v) is 6.04. The SMILES string of the molecule is CCCCCCCCCCCCCCCCC/C=C/O[C@@H]1[C@H]([C@H](O)CO)OC[C@@H]1O. The van der Waals surface area contributed by atoms with Crippen LogP contribution in [0.25, 0.3) is 0 Å². The Labute approximate surface area is 184 Å². The van der Waals surface area contributed by atoms with E-state index in [0.29, 0.717) is 0 Å². The number of hydrogen-bond acceptors (Lipinski definition) is 5. The van der Waals surface area contributed by atoms with E-state index in [4.69, 9.17) is 14.6 Å². The molecule has 1 saturated heterocycles. The summed E-state index contributed by atoms with van der Waals surface area (Å²) in [6, 6.07) is 0. The summed E-state index contributed by atoms with van der Waals surface area (Å²) in [5.74, 6) is 0. The third-order valence-electron chi connectivity index (χ3n) is 6.04. The highest BCUT2D eigenvalue weighted by molar-refractivity contribution is 4.91. The van der Waals surface area contributed by atoms with E-state index in [0.717, 1.165) is 12.8 Å². The lowest BCUT2D eigenvalue weighted by atomic mass is 10.0. The van der Waals surface area contributed by atoms with Gasteiger partial charge in [0.05, 0.1) is 19.5 Å². The Kier molecular flexibility index (Phi) is 17.4. The summed E-state index contributed by atoms with van der Waals surface area (Å²) in [7, 11) is 0. The smallest absolute Gasteiger partial charge is 0.154 e. The van der Waals surface area contributed by atoms with E-state index < -0.39 is 31.0 Å². The average Bonchev–Trinajstić information content (AvgIpc) is 3.12. The van der Waals surface area contributed by atoms with Gasteiger partial charge in [-0.1, -0.05) is 96.8 Å². The molecule has 0 aromatic heterocycles. The molecule has 0 unspecified atom stereocenters. The molecule has 0 saturated carbocycles. The molecular formula is C25H48O5. The summed E-state index contributed by atoms with van der Waals surface area (Å²) in [5, 5.41) is 28.6. The van der Waals surface area contributed by atoms with Crippen LogP contribution in [0, 0.1) is 0 Å². The second-order valence-electron chi connectivity index (χ2n) is 8.83. The van der Waals surface area contributed by atoms with Gasteiger partial charge in [0, 0.05) is 0 Å². The van der Waals surface area contributed by atoms with E-state index >= 15 is 0 Å². The van der Waals surface area contributed by atoms with Gasteiger partial charge in [-0.15, -0.1) is 0 Å². The molecule has 1 aliphatic rings. The van der Waals surface area contributed by atoms with Crippen molar-refractivity contribution < 1.29 is 24.8 Å². The number of ether oxygens (including phenoxy) is 2. The molecule has 0 bridgehead atoms. The minimum atomic E-state index is -1.03. The van der Waals surface area contributed by atoms with E-state index in [9.17, 15) is 10.2 Å². The van der Waals surface area contributed by atoms with Crippen LogP contribution in [-0.2, 0) is 9.47 Å². The van der Waals surface area contributed by atoms with Crippen molar-refractivity contribution in [2.24, 2.45) is 0 Å². The lowest BCUT2D eigenvalue weighted by Crippen LogP contribution is -2.41. The van der Waals surface area contributed by atoms with Gasteiger partial charge in [0.2, 0.25) is 0 Å². The van der Waals surface area contributed by atoms with E-state index in [2.05, 4.69) is 6.92 Å². The summed E-state index contributed by atoms with van der Waals surface area (Å²) < 4.78 is 10.8. The van der Waals surface area contributed by atoms with Gasteiger partial charge in [0.1, 0.15) is 18.3 Å². The lowest BCUT2D eigenvalue weighted by molar-refractivity contribution is -0.0721. The highest BCUT2D eigenvalue weighted by Gasteiger charge is 2.41. The summed E-state index contributed by atoms with van der Waals surface area (Å²) >= 11 is 0. The van der Waals surface area contributed by atoms with E-state index in [-0.39, 0.29) is 6.61 Å². The summed E-state index contributed by atoms with van der Waals surface area (Å²) in [5.41, 5.74) is 0. The number of aliphatic hydroxyl groups excluding tert-OH is 3. The second-order valence-corrected chi connectivity index (χ2v) is 8.83. The van der Waals surface area contributed by atoms with Crippen molar-refractivity contribution in [3.8, 4) is 0 Å². The largest absolute Gasteiger partial charge is 0.493 e. The molecule has 5 nitrogen and oxygen atoms in total. The van der Waals surface area contributed by atoms with E-state index in [1.54, 1.807) is 6.26 Å². The monoisotopic (exact) mass is 428 g/mol. The van der Waals surface area contributed by atoms with Gasteiger partial charge in [-0.3, -0.25) is 0 Å². The Morgan fingerprint density at radius 2 is 1.37 bits per heavy atom. The molecule has 1 rings (SSSR count). The van der Waals surface area contributed by atoms with Gasteiger partial charge in [0.25, 0.3) is 0 Å². The van der Waals surface area contributed by atoms with Crippen LogP contribution in [0.3, 0.4) is 0 Å². The first kappa shape index (κ1) is 27.4. The zero-order valence-electron chi connectivity index (χ0n) is 19.4. The maximum atomic E-state index is 9.87. The van der Waals surface area contributed by atoms with Gasteiger partial charge in [-0.2, -0.15) is 0 Å². The Hall–Kier alpha value is -0.620. The average molecular weight is 429 g/mol. The predicted octanol–water partition coefficient (Wildman–Crippen LogP) is 5.26. The molecule has 178 valence electrons. The van der Waals surface area contributed by atoms with Crippen LogP contribution in [0.2, 0.25) is 0 Å². The van der Waals surface area contributed by atoms with Crippen LogP contribution >= 0.6 is 0 Å². The van der Waals surface area contributed by atoms with Crippen molar-refractivity contribution in [3.05, 3.63) is 12.3 Å². The van der Waals surface area contributed by atoms with Gasteiger partial charge in [0.15, 0.2) is 6.10 Å². The lowest BCUT2D eigenvalue weighted by Gasteiger charge is -2.22. The molecule has 3 N–H and O–H groups in total. The third kappa shape index (κ3) is 12.9. The fourth-order valence-corrected chi connectivity index (χ4v) is 4.07. The van der Waals surface area contributed by atoms with Gasteiger partial charge in [-0.25, -0.2) is 0 Å². The molecule has 0 aromatic rings. The van der Waals surface area contributed by atoms with Crippen LogP contribution in [0.4, 0.5) is 0 Å². The highest BCUT2D eigenvalue weighted by atomic mass is 16.6. The van der Waals surface area contributed by atoms with Crippen LogP contribution in [0.1, 0.15) is 110 Å². The molecule has 0 aliphatic carbocycles. The zero-order valence-corrected chi connectivity index (χ0v) is 19.4. The molecule has 0 amide bonds. The van der Waals surface area contributed by atoms with Crippen LogP contribution < -0.4 is 0 Å². The standard InChI is InChI=1S/C25H48O5/c1-2-3-4-5-6-7-8-9-10-11-12-13-14-15-16-17-18-19-29-25-23(28)21-30-24(25)22(27)20-26/h18-19,22-28H,2-17,20-21H2,1H3/b19-18+/t22-,23+,24+,25+/m1/s1. The van der Waals surface area contributed by atoms with Crippen LogP contribution in [0.5, 0.6) is 0 Å². The normalized spacial score (nSPS) is 22.7. The molecule has 30 heavy (non-hydrogen) atoms. The summed E-state index contributed by atoms with van der Waals surface area (Å²) in [6.45, 7) is 2.00. The molecule has 1 fully saturated rings. The van der Waals surface area contributed by atoms with Crippen LogP contribution in [-0.4, -0.2) is 52.9 Å². The number of rotatable bonds is 20. The fourth-order valence-electron chi connectivity index (χ4n) is 4.07. The molecule has 1 heterocycles. The predicted molar refractivity (Wildman–Crippen MR) is 122 cm³/mol. The summed E-state index contributed by atoms with van der Waals surface area (Å²) in [6.07, 6.45) is 21.9. The first-order valence-corrected chi connectivity index (χ1v) is 12.6. The number of unbranched alkanes of at least 4 members (excludes halogenated alkanes) is 15. The molecule has 0 aromatic carbocycles. The minimum Gasteiger partial charge on any atom is -0.493 e. The van der Waals surface area contributed by atoms with Gasteiger partial charge < -0.3 is 24.8 Å². The minimum absolute atomic E-state index is 0.124. The zero-order chi connectivity index (χ0) is 21.9. The molecule has 0 radical (unpaired) electrons. The van der Waals surface area contributed by atoms with Crippen molar-refractivity contribution in [1.82, 2.24) is 0 Å². The van der Waals surface area contributed by atoms with Crippen molar-refractivity contribution in [2.45, 2.75) is 134 Å². The molecule has 0 spiro atoms. The molecule has 1 aliphatic heterocycles. The number of aliphatic hydroxyl groups is 3. The highest BCUT2D eigenvalue weighted by Crippen LogP contribution is 2.21. The van der Waals surface area contributed by atoms with Crippen LogP contribution in [0.15, 0.2) is 12.3 Å². The quantitative estimate of drug-likeness (QED) is 0.182. The maximum absolute atomic E-state index is 9.87. The Morgan fingerprint density at radius 3 is 1.87 bits per heavy atom. The number of allylic oxidation sites excluding steroid dienone is 1. The fraction of sp³-hybridized carbons (Fsp3) is 0.920. The first-order chi connectivity index (χ1) is 14.7. The van der Waals surface area contributed by atoms with Gasteiger partial charge >= 0.3 is 0 Å². The molecule has 4 atom stereocenters. The number of hydrogen-bond donors (Lipinski definition) is 3. The Morgan fingerprint density at radius 1 is 0.867 bits per heavy atom. The molecule has 5 heteroatoms. The Bertz CT molecular complexity index is 401. The Balaban J connectivity index is 1.86. The summed E-state index contributed by atoms with van der Waals surface area (Å²) in [4.78, 5) is 0. The van der Waals surface area contributed by atoms with Crippen molar-refractivity contribution >= 4 is 0 Å². The molecular weight excluding hydrogens is 380 g/mol. The van der Waals surface area contributed by atoms with E-state index in [1.807, 2.05) is 6.08 Å². The first-order valence-electron chi connectivity index (χ1n) is 12.6. The topological polar surface area (TPSA) is 79.2 Å².